The van der Waals surface area contributed by atoms with Crippen LogP contribution in [0, 0.1) is 12.7 Å². The number of rotatable bonds is 5. The molecule has 24 heavy (non-hydrogen) atoms. The summed E-state index contributed by atoms with van der Waals surface area (Å²) in [6.07, 6.45) is 0. The first-order valence-corrected chi connectivity index (χ1v) is 8.60. The van der Waals surface area contributed by atoms with E-state index in [2.05, 4.69) is 4.74 Å². The van der Waals surface area contributed by atoms with Crippen LogP contribution in [0.2, 0.25) is 0 Å². The Bertz CT molecular complexity index is 865. The fourth-order valence-corrected chi connectivity index (χ4v) is 3.40. The highest BCUT2D eigenvalue weighted by Crippen LogP contribution is 2.21. The van der Waals surface area contributed by atoms with Gasteiger partial charge >= 0.3 is 5.97 Å². The lowest BCUT2D eigenvalue weighted by molar-refractivity contribution is 0.0599. The van der Waals surface area contributed by atoms with Gasteiger partial charge in [-0.25, -0.2) is 17.6 Å². The fourth-order valence-electron chi connectivity index (χ4n) is 2.22. The van der Waals surface area contributed by atoms with Crippen LogP contribution in [-0.4, -0.2) is 32.8 Å². The molecular weight excluding hydrogens is 333 g/mol. The molecule has 0 amide bonds. The molecule has 0 aliphatic rings. The minimum atomic E-state index is -3.88. The largest absolute Gasteiger partial charge is 0.465 e. The van der Waals surface area contributed by atoms with Gasteiger partial charge in [0.1, 0.15) is 5.82 Å². The SMILES string of the molecule is COC(=O)c1cc(S(=O)(=O)N(C)Cc2ccccc2F)ccc1C. The number of halogens is 1. The van der Waals surface area contributed by atoms with Crippen LogP contribution in [0.4, 0.5) is 4.39 Å². The Labute approximate surface area is 140 Å². The number of aryl methyl sites for hydroxylation is 1. The molecule has 0 saturated carbocycles. The predicted octanol–water partition coefficient (Wildman–Crippen LogP) is 2.74. The van der Waals surface area contributed by atoms with Crippen molar-refractivity contribution in [3.05, 3.63) is 65.0 Å². The number of methoxy groups -OCH3 is 1. The number of hydrogen-bond acceptors (Lipinski definition) is 4. The van der Waals surface area contributed by atoms with Crippen molar-refractivity contribution in [2.75, 3.05) is 14.2 Å². The summed E-state index contributed by atoms with van der Waals surface area (Å²) in [5, 5.41) is 0. The first-order chi connectivity index (χ1) is 11.3. The van der Waals surface area contributed by atoms with Crippen molar-refractivity contribution in [1.29, 1.82) is 0 Å². The summed E-state index contributed by atoms with van der Waals surface area (Å²) in [5.74, 6) is -1.08. The molecule has 0 unspecified atom stereocenters. The summed E-state index contributed by atoms with van der Waals surface area (Å²) >= 11 is 0. The van der Waals surface area contributed by atoms with Crippen molar-refractivity contribution in [2.45, 2.75) is 18.4 Å². The number of ether oxygens (including phenoxy) is 1. The Balaban J connectivity index is 2.36. The molecule has 2 aromatic carbocycles. The maximum absolute atomic E-state index is 13.7. The number of nitrogens with zero attached hydrogens (tertiary/aromatic N) is 1. The monoisotopic (exact) mass is 351 g/mol. The van der Waals surface area contributed by atoms with E-state index in [0.29, 0.717) is 5.56 Å². The zero-order valence-electron chi connectivity index (χ0n) is 13.6. The third kappa shape index (κ3) is 3.63. The highest BCUT2D eigenvalue weighted by atomic mass is 32.2. The topological polar surface area (TPSA) is 63.7 Å². The summed E-state index contributed by atoms with van der Waals surface area (Å²) in [7, 11) is -1.29. The number of carbonyl (C=O) groups excluding carboxylic acids is 1. The molecule has 0 aliphatic heterocycles. The predicted molar refractivity (Wildman–Crippen MR) is 87.6 cm³/mol. The lowest BCUT2D eigenvalue weighted by Gasteiger charge is -2.18. The molecule has 0 aromatic heterocycles. The van der Waals surface area contributed by atoms with Crippen LogP contribution < -0.4 is 0 Å². The van der Waals surface area contributed by atoms with Crippen LogP contribution in [0.1, 0.15) is 21.5 Å². The lowest BCUT2D eigenvalue weighted by Crippen LogP contribution is -2.27. The highest BCUT2D eigenvalue weighted by Gasteiger charge is 2.24. The molecule has 0 spiro atoms. The van der Waals surface area contributed by atoms with Crippen LogP contribution >= 0.6 is 0 Å². The van der Waals surface area contributed by atoms with Crippen molar-refractivity contribution < 1.29 is 22.3 Å². The van der Waals surface area contributed by atoms with Gasteiger partial charge in [0.25, 0.3) is 0 Å². The standard InChI is InChI=1S/C17H18FNO4S/c1-12-8-9-14(10-15(12)17(20)23-3)24(21,22)19(2)11-13-6-4-5-7-16(13)18/h4-10H,11H2,1-3H3. The zero-order chi connectivity index (χ0) is 17.9. The second kappa shape index (κ2) is 7.11. The van der Waals surface area contributed by atoms with E-state index in [9.17, 15) is 17.6 Å². The first kappa shape index (κ1) is 18.1. The number of esters is 1. The van der Waals surface area contributed by atoms with Gasteiger partial charge in [0, 0.05) is 19.2 Å². The first-order valence-electron chi connectivity index (χ1n) is 7.16. The Morgan fingerprint density at radius 2 is 1.88 bits per heavy atom. The number of carbonyl (C=O) groups is 1. The van der Waals surface area contributed by atoms with Gasteiger partial charge < -0.3 is 4.74 Å². The van der Waals surface area contributed by atoms with Gasteiger partial charge in [-0.2, -0.15) is 4.31 Å². The average molecular weight is 351 g/mol. The van der Waals surface area contributed by atoms with Gasteiger partial charge in [0.05, 0.1) is 17.6 Å². The van der Waals surface area contributed by atoms with Crippen molar-refractivity contribution in [2.24, 2.45) is 0 Å². The van der Waals surface area contributed by atoms with E-state index in [1.807, 2.05) is 0 Å². The smallest absolute Gasteiger partial charge is 0.338 e. The maximum atomic E-state index is 13.7. The van der Waals surface area contributed by atoms with Crippen molar-refractivity contribution in [3.8, 4) is 0 Å². The highest BCUT2D eigenvalue weighted by molar-refractivity contribution is 7.89. The summed E-state index contributed by atoms with van der Waals surface area (Å²) in [5.41, 5.74) is 1.05. The van der Waals surface area contributed by atoms with Crippen LogP contribution in [0.3, 0.4) is 0 Å². The Hall–Kier alpha value is -2.25. The van der Waals surface area contributed by atoms with Gasteiger partial charge in [-0.15, -0.1) is 0 Å². The summed E-state index contributed by atoms with van der Waals surface area (Å²) in [6, 6.07) is 10.2. The van der Waals surface area contributed by atoms with E-state index in [1.54, 1.807) is 13.0 Å². The number of hydrogen-bond donors (Lipinski definition) is 0. The maximum Gasteiger partial charge on any atom is 0.338 e. The quantitative estimate of drug-likeness (QED) is 0.777. The van der Waals surface area contributed by atoms with E-state index >= 15 is 0 Å². The second-order valence-corrected chi connectivity index (χ2v) is 7.37. The summed E-state index contributed by atoms with van der Waals surface area (Å²) < 4.78 is 44.8. The Kier molecular flexibility index (Phi) is 5.36. The molecule has 0 radical (unpaired) electrons. The van der Waals surface area contributed by atoms with E-state index in [1.165, 1.54) is 50.6 Å². The van der Waals surface area contributed by atoms with Gasteiger partial charge in [-0.05, 0) is 30.7 Å². The van der Waals surface area contributed by atoms with E-state index in [4.69, 9.17) is 0 Å². The zero-order valence-corrected chi connectivity index (χ0v) is 14.4. The molecule has 2 aromatic rings. The molecular formula is C17H18FNO4S. The normalized spacial score (nSPS) is 11.5. The van der Waals surface area contributed by atoms with Crippen molar-refractivity contribution in [1.82, 2.24) is 4.31 Å². The molecule has 0 N–H and O–H groups in total. The van der Waals surface area contributed by atoms with Gasteiger partial charge in [0.2, 0.25) is 10.0 Å². The number of sulfonamides is 1. The van der Waals surface area contributed by atoms with Gasteiger partial charge in [0.15, 0.2) is 0 Å². The lowest BCUT2D eigenvalue weighted by atomic mass is 10.1. The minimum absolute atomic E-state index is 0.0488. The molecule has 0 saturated heterocycles. The minimum Gasteiger partial charge on any atom is -0.465 e. The van der Waals surface area contributed by atoms with E-state index in [-0.39, 0.29) is 22.6 Å². The third-order valence-corrected chi connectivity index (χ3v) is 5.47. The molecule has 2 rings (SSSR count). The molecule has 0 atom stereocenters. The molecule has 7 heteroatoms. The van der Waals surface area contributed by atoms with E-state index < -0.39 is 21.8 Å². The van der Waals surface area contributed by atoms with E-state index in [0.717, 1.165) is 4.31 Å². The van der Waals surface area contributed by atoms with Crippen LogP contribution in [0.15, 0.2) is 47.4 Å². The number of benzene rings is 2. The van der Waals surface area contributed by atoms with Crippen LogP contribution in [-0.2, 0) is 21.3 Å². The average Bonchev–Trinajstić information content (AvgIpc) is 2.56. The van der Waals surface area contributed by atoms with Gasteiger partial charge in [-0.1, -0.05) is 24.3 Å². The summed E-state index contributed by atoms with van der Waals surface area (Å²) in [6.45, 7) is 1.57. The Morgan fingerprint density at radius 3 is 2.50 bits per heavy atom. The van der Waals surface area contributed by atoms with Crippen LogP contribution in [0.5, 0.6) is 0 Å². The van der Waals surface area contributed by atoms with Crippen molar-refractivity contribution in [3.63, 3.8) is 0 Å². The van der Waals surface area contributed by atoms with Gasteiger partial charge in [-0.3, -0.25) is 0 Å². The second-order valence-electron chi connectivity index (χ2n) is 5.32. The molecule has 5 nitrogen and oxygen atoms in total. The van der Waals surface area contributed by atoms with Crippen LogP contribution in [0.25, 0.3) is 0 Å². The Morgan fingerprint density at radius 1 is 1.21 bits per heavy atom. The fraction of sp³-hybridized carbons (Fsp3) is 0.235. The molecule has 0 bridgehead atoms. The molecule has 128 valence electrons. The molecule has 0 heterocycles. The summed E-state index contributed by atoms with van der Waals surface area (Å²) in [4.78, 5) is 11.7. The molecule has 0 aliphatic carbocycles. The third-order valence-electron chi connectivity index (χ3n) is 3.67. The van der Waals surface area contributed by atoms with Crippen molar-refractivity contribution >= 4 is 16.0 Å². The molecule has 0 fully saturated rings.